The van der Waals surface area contributed by atoms with Gasteiger partial charge in [-0.3, -0.25) is 0 Å². The molecule has 0 bridgehead atoms. The molecule has 0 saturated heterocycles. The van der Waals surface area contributed by atoms with Crippen LogP contribution in [0.15, 0.2) is 80.5 Å². The number of thioether (sulfide) groups is 2. The Bertz CT molecular complexity index is 1420. The van der Waals surface area contributed by atoms with Crippen LogP contribution in [0.2, 0.25) is 5.28 Å². The number of nitrogens with zero attached hydrogens (tertiary/aromatic N) is 5. The Kier molecular flexibility index (Phi) is 15.3. The molecule has 0 aliphatic rings. The van der Waals surface area contributed by atoms with Crippen molar-refractivity contribution >= 4 is 82.1 Å². The third-order valence-electron chi connectivity index (χ3n) is 4.79. The van der Waals surface area contributed by atoms with Crippen molar-refractivity contribution in [1.82, 2.24) is 15.0 Å². The summed E-state index contributed by atoms with van der Waals surface area (Å²) < 4.78 is 34.0. The number of benzene rings is 2. The van der Waals surface area contributed by atoms with Crippen LogP contribution in [0.25, 0.3) is 0 Å². The smallest absolute Gasteiger partial charge is 0.310 e. The molecule has 0 fully saturated rings. The molecular formula is C29H38ClN5O4P2S4. The van der Waals surface area contributed by atoms with E-state index >= 15 is 0 Å². The molecule has 0 aliphatic heterocycles. The summed E-state index contributed by atoms with van der Waals surface area (Å²) in [5, 5.41) is 1.67. The van der Waals surface area contributed by atoms with Gasteiger partial charge in [-0.1, -0.05) is 60.7 Å². The van der Waals surface area contributed by atoms with Crippen LogP contribution in [-0.4, -0.2) is 49.5 Å². The molecule has 0 amide bonds. The van der Waals surface area contributed by atoms with E-state index in [4.69, 9.17) is 67.8 Å². The van der Waals surface area contributed by atoms with Crippen molar-refractivity contribution in [3.05, 3.63) is 77.1 Å². The fourth-order valence-corrected chi connectivity index (χ4v) is 12.1. The lowest BCUT2D eigenvalue weighted by Crippen LogP contribution is -2.09. The molecule has 0 unspecified atom stereocenters. The maximum Gasteiger partial charge on any atom is 0.310 e. The van der Waals surface area contributed by atoms with E-state index in [9.17, 15) is 0 Å². The minimum absolute atomic E-state index is 0.00223. The highest BCUT2D eigenvalue weighted by Crippen LogP contribution is 2.55. The molecule has 3 rings (SSSR count). The van der Waals surface area contributed by atoms with Crippen molar-refractivity contribution in [2.75, 3.05) is 0 Å². The summed E-state index contributed by atoms with van der Waals surface area (Å²) in [6.45, 7) is 9.01. The van der Waals surface area contributed by atoms with Crippen LogP contribution in [0, 0.1) is 0 Å². The zero-order valence-corrected chi connectivity index (χ0v) is 32.2. The van der Waals surface area contributed by atoms with E-state index in [1.165, 1.54) is 23.5 Å². The highest BCUT2D eigenvalue weighted by Gasteiger charge is 2.27. The van der Waals surface area contributed by atoms with Gasteiger partial charge in [0.05, 0.1) is 24.4 Å². The molecule has 0 N–H and O–H groups in total. The Balaban J connectivity index is 2.09. The molecule has 0 saturated carbocycles. The monoisotopic (exact) mass is 745 g/mol. The molecule has 45 heavy (non-hydrogen) atoms. The van der Waals surface area contributed by atoms with Crippen molar-refractivity contribution in [3.63, 3.8) is 0 Å². The van der Waals surface area contributed by atoms with Crippen LogP contribution in [0.5, 0.6) is 0 Å². The van der Waals surface area contributed by atoms with Gasteiger partial charge < -0.3 is 18.1 Å². The summed E-state index contributed by atoms with van der Waals surface area (Å²) in [5.41, 5.74) is 1.59. The van der Waals surface area contributed by atoms with Crippen LogP contribution in [0.3, 0.4) is 0 Å². The maximum atomic E-state index is 6.46. The predicted molar refractivity (Wildman–Crippen MR) is 196 cm³/mol. The first-order chi connectivity index (χ1) is 21.1. The largest absolute Gasteiger partial charge is 0.310 e. The zero-order chi connectivity index (χ0) is 33.2. The standard InChI is InChI=1S/C29H38ClN5O4P2S4/c1-19(2)36-40(42,37-20(3)4)34-25(23-15-11-9-12-16-23)44-28-31-27(30)32-29(33-28)45-26(24-17-13-10-14-18-24)35-41(43,38-21(5)6)39-22(7)8/h9-22H,1-8H3/b34-25-,35-26+. The Labute approximate surface area is 290 Å². The highest BCUT2D eigenvalue weighted by molar-refractivity contribution is 8.16. The van der Waals surface area contributed by atoms with E-state index < -0.39 is 13.3 Å². The van der Waals surface area contributed by atoms with E-state index in [0.29, 0.717) is 20.4 Å². The van der Waals surface area contributed by atoms with Gasteiger partial charge in [-0.15, -0.1) is 0 Å². The van der Waals surface area contributed by atoms with Crippen LogP contribution < -0.4 is 0 Å². The average molecular weight is 746 g/mol. The van der Waals surface area contributed by atoms with E-state index in [1.807, 2.05) is 116 Å². The molecule has 9 nitrogen and oxygen atoms in total. The first-order valence-corrected chi connectivity index (χ1v) is 21.4. The number of aromatic nitrogens is 3. The third kappa shape index (κ3) is 13.5. The zero-order valence-electron chi connectivity index (χ0n) is 26.4. The summed E-state index contributed by atoms with van der Waals surface area (Å²) in [5.74, 6) is 0. The lowest BCUT2D eigenvalue weighted by Gasteiger charge is -2.23. The van der Waals surface area contributed by atoms with E-state index in [2.05, 4.69) is 9.97 Å². The van der Waals surface area contributed by atoms with Crippen LogP contribution >= 0.6 is 48.4 Å². The first kappa shape index (κ1) is 38.4. The highest BCUT2D eigenvalue weighted by atomic mass is 35.5. The lowest BCUT2D eigenvalue weighted by molar-refractivity contribution is 0.175. The van der Waals surface area contributed by atoms with Gasteiger partial charge in [0.1, 0.15) is 10.1 Å². The Morgan fingerprint density at radius 3 is 1.20 bits per heavy atom. The lowest BCUT2D eigenvalue weighted by atomic mass is 10.2. The van der Waals surface area contributed by atoms with Gasteiger partial charge in [0.15, 0.2) is 10.3 Å². The molecule has 0 atom stereocenters. The number of rotatable bonds is 14. The predicted octanol–water partition coefficient (Wildman–Crippen LogP) is 9.75. The minimum Gasteiger partial charge on any atom is -0.310 e. The fraction of sp³-hybridized carbons (Fsp3) is 0.414. The van der Waals surface area contributed by atoms with Gasteiger partial charge >= 0.3 is 13.3 Å². The van der Waals surface area contributed by atoms with Crippen LogP contribution in [0.1, 0.15) is 66.5 Å². The van der Waals surface area contributed by atoms with Gasteiger partial charge in [0.2, 0.25) is 5.28 Å². The quantitative estimate of drug-likeness (QED) is 0.0682. The molecule has 0 radical (unpaired) electrons. The molecule has 1 heterocycles. The molecule has 1 aromatic heterocycles. The normalized spacial score (nSPS) is 13.4. The van der Waals surface area contributed by atoms with Gasteiger partial charge in [0.25, 0.3) is 0 Å². The summed E-state index contributed by atoms with van der Waals surface area (Å²) in [6, 6.07) is 19.2. The second-order valence-electron chi connectivity index (χ2n) is 10.5. The SMILES string of the molecule is CC(C)OP(=S)(/N=C(\Sc1nc(Cl)nc(S/C(=N/P(=S)(OC(C)C)OC(C)C)c2ccccc2)n1)c1ccccc1)OC(C)C. The number of hydrogen-bond acceptors (Lipinski definition) is 11. The first-order valence-electron chi connectivity index (χ1n) is 14.2. The van der Waals surface area contributed by atoms with Gasteiger partial charge in [-0.25, -0.2) is 0 Å². The topological polar surface area (TPSA) is 100 Å². The third-order valence-corrected chi connectivity index (χ3v) is 12.2. The summed E-state index contributed by atoms with van der Waals surface area (Å²) in [4.78, 5) is 13.5. The second-order valence-corrected chi connectivity index (χ2v) is 18.6. The van der Waals surface area contributed by atoms with Crippen molar-refractivity contribution < 1.29 is 18.1 Å². The Morgan fingerprint density at radius 2 is 0.911 bits per heavy atom. The van der Waals surface area contributed by atoms with E-state index in [0.717, 1.165) is 11.1 Å². The molecule has 3 aromatic rings. The molecule has 244 valence electrons. The Hall–Kier alpha value is -1.08. The molecule has 16 heteroatoms. The van der Waals surface area contributed by atoms with E-state index in [1.54, 1.807) is 0 Å². The summed E-state index contributed by atoms with van der Waals surface area (Å²) in [7, 11) is 0. The van der Waals surface area contributed by atoms with Crippen LogP contribution in [0.4, 0.5) is 0 Å². The van der Waals surface area contributed by atoms with Crippen molar-refractivity contribution in [2.45, 2.75) is 90.1 Å². The average Bonchev–Trinajstić information content (AvgIpc) is 2.91. The van der Waals surface area contributed by atoms with E-state index in [-0.39, 0.29) is 29.7 Å². The minimum atomic E-state index is -3.09. The molecule has 2 aromatic carbocycles. The van der Waals surface area contributed by atoms with Gasteiger partial charge in [-0.05, 0) is 114 Å². The molecule has 0 aliphatic carbocycles. The number of halogens is 1. The molecule has 0 spiro atoms. The summed E-state index contributed by atoms with van der Waals surface area (Å²) in [6.07, 6.45) is -0.762. The fourth-order valence-electron chi connectivity index (χ4n) is 3.45. The van der Waals surface area contributed by atoms with Crippen LogP contribution in [-0.2, 0) is 41.7 Å². The Morgan fingerprint density at radius 1 is 0.600 bits per heavy atom. The second kappa shape index (κ2) is 17.9. The van der Waals surface area contributed by atoms with Gasteiger partial charge in [0, 0.05) is 11.1 Å². The number of hydrogen-bond donors (Lipinski definition) is 0. The van der Waals surface area contributed by atoms with Gasteiger partial charge in [-0.2, -0.15) is 24.5 Å². The maximum absolute atomic E-state index is 6.46. The molecular weight excluding hydrogens is 708 g/mol. The van der Waals surface area contributed by atoms with Crippen molar-refractivity contribution in [3.8, 4) is 0 Å². The van der Waals surface area contributed by atoms with Crippen molar-refractivity contribution in [1.29, 1.82) is 0 Å². The van der Waals surface area contributed by atoms with Crippen molar-refractivity contribution in [2.24, 2.45) is 9.53 Å². The summed E-state index contributed by atoms with van der Waals surface area (Å²) >= 11 is 20.6.